The normalized spacial score (nSPS) is 16.4. The number of likely N-dealkylation sites (N-methyl/N-ethyl adjacent to an activating group) is 2. The van der Waals surface area contributed by atoms with Gasteiger partial charge in [-0.2, -0.15) is 0 Å². The molecule has 3 aromatic rings. The molecule has 0 saturated carbocycles. The smallest absolute Gasteiger partial charge is 0.253 e. The zero-order valence-electron chi connectivity index (χ0n) is 18.3. The summed E-state index contributed by atoms with van der Waals surface area (Å²) >= 11 is 12.8. The SMILES string of the molecule is CN(C)CCNc1c(Nc2cccc(C3CN(C)Cc4c(Cl)cc(Cl)cc43)c2)c(=O)c1=O. The van der Waals surface area contributed by atoms with Crippen LogP contribution in [0.25, 0.3) is 0 Å². The van der Waals surface area contributed by atoms with Gasteiger partial charge in [-0.25, -0.2) is 0 Å². The van der Waals surface area contributed by atoms with E-state index in [1.54, 1.807) is 6.07 Å². The van der Waals surface area contributed by atoms with Crippen LogP contribution in [0.4, 0.5) is 17.1 Å². The van der Waals surface area contributed by atoms with Crippen LogP contribution >= 0.6 is 23.2 Å². The monoisotopic (exact) mass is 472 g/mol. The summed E-state index contributed by atoms with van der Waals surface area (Å²) in [5, 5.41) is 7.53. The number of hydrogen-bond donors (Lipinski definition) is 2. The molecule has 1 aliphatic heterocycles. The molecule has 0 fully saturated rings. The maximum Gasteiger partial charge on any atom is 0.253 e. The Bertz CT molecular complexity index is 1220. The zero-order chi connectivity index (χ0) is 23.0. The van der Waals surface area contributed by atoms with Crippen LogP contribution in [0.15, 0.2) is 46.0 Å². The summed E-state index contributed by atoms with van der Waals surface area (Å²) < 4.78 is 0. The Morgan fingerprint density at radius 2 is 1.84 bits per heavy atom. The molecule has 6 nitrogen and oxygen atoms in total. The molecule has 1 unspecified atom stereocenters. The van der Waals surface area contributed by atoms with Gasteiger partial charge in [-0.05, 0) is 62.1 Å². The molecule has 2 N–H and O–H groups in total. The van der Waals surface area contributed by atoms with E-state index < -0.39 is 10.9 Å². The zero-order valence-corrected chi connectivity index (χ0v) is 19.8. The van der Waals surface area contributed by atoms with Crippen LogP contribution < -0.4 is 21.5 Å². The molecule has 1 aliphatic rings. The van der Waals surface area contributed by atoms with Gasteiger partial charge in [0.2, 0.25) is 0 Å². The molecule has 4 rings (SSSR count). The fourth-order valence-corrected chi connectivity index (χ4v) is 4.76. The third kappa shape index (κ3) is 4.55. The first-order valence-electron chi connectivity index (χ1n) is 10.5. The largest absolute Gasteiger partial charge is 0.379 e. The molecular formula is C24H26Cl2N4O2. The van der Waals surface area contributed by atoms with Gasteiger partial charge in [-0.15, -0.1) is 0 Å². The summed E-state index contributed by atoms with van der Waals surface area (Å²) in [6.45, 7) is 2.93. The van der Waals surface area contributed by atoms with Gasteiger partial charge >= 0.3 is 0 Å². The lowest BCUT2D eigenvalue weighted by molar-refractivity contribution is 0.295. The molecule has 0 aliphatic carbocycles. The fourth-order valence-electron chi connectivity index (χ4n) is 4.19. The van der Waals surface area contributed by atoms with E-state index in [1.165, 1.54) is 0 Å². The lowest BCUT2D eigenvalue weighted by Gasteiger charge is -2.33. The topological polar surface area (TPSA) is 64.7 Å². The molecule has 3 aromatic carbocycles. The first kappa shape index (κ1) is 22.8. The second-order valence-electron chi connectivity index (χ2n) is 8.59. The molecule has 1 heterocycles. The van der Waals surface area contributed by atoms with Gasteiger partial charge in [0.05, 0.1) is 0 Å². The van der Waals surface area contributed by atoms with Crippen molar-refractivity contribution in [3.8, 4) is 0 Å². The van der Waals surface area contributed by atoms with Gasteiger partial charge in [-0.3, -0.25) is 9.59 Å². The fraction of sp³-hybridized carbons (Fsp3) is 0.333. The number of fused-ring (bicyclic) bond motifs is 1. The number of anilines is 3. The average molecular weight is 473 g/mol. The second kappa shape index (κ2) is 9.24. The van der Waals surface area contributed by atoms with Crippen molar-refractivity contribution in [2.24, 2.45) is 0 Å². The summed E-state index contributed by atoms with van der Waals surface area (Å²) in [7, 11) is 5.98. The van der Waals surface area contributed by atoms with E-state index in [4.69, 9.17) is 23.2 Å². The van der Waals surface area contributed by atoms with E-state index in [0.717, 1.165) is 42.0 Å². The Kier molecular flexibility index (Phi) is 6.58. The van der Waals surface area contributed by atoms with Crippen molar-refractivity contribution in [2.45, 2.75) is 12.5 Å². The predicted molar refractivity (Wildman–Crippen MR) is 133 cm³/mol. The highest BCUT2D eigenvalue weighted by Gasteiger charge is 2.27. The molecule has 32 heavy (non-hydrogen) atoms. The van der Waals surface area contributed by atoms with Crippen LogP contribution in [0.5, 0.6) is 0 Å². The Labute approximate surface area is 197 Å². The molecule has 0 aromatic heterocycles. The van der Waals surface area contributed by atoms with E-state index in [9.17, 15) is 9.59 Å². The van der Waals surface area contributed by atoms with E-state index >= 15 is 0 Å². The van der Waals surface area contributed by atoms with Crippen molar-refractivity contribution in [3.05, 3.63) is 83.6 Å². The predicted octanol–water partition coefficient (Wildman–Crippen LogP) is 3.88. The standard InChI is InChI=1S/C24H26Cl2N4O2/c1-29(2)8-7-27-21-22(24(32)23(21)31)28-16-6-4-5-14(9-16)18-12-30(3)13-19-17(18)10-15(25)11-20(19)26/h4-6,9-11,18,27-28H,7-8,12-13H2,1-3H3. The molecule has 8 heteroatoms. The van der Waals surface area contributed by atoms with Gasteiger partial charge in [-0.1, -0.05) is 35.3 Å². The molecule has 1 atom stereocenters. The van der Waals surface area contributed by atoms with Gasteiger partial charge in [0.25, 0.3) is 10.9 Å². The van der Waals surface area contributed by atoms with Crippen LogP contribution in [0.2, 0.25) is 10.0 Å². The van der Waals surface area contributed by atoms with Crippen LogP contribution in [-0.2, 0) is 6.54 Å². The van der Waals surface area contributed by atoms with Crippen LogP contribution in [-0.4, -0.2) is 50.6 Å². The number of nitrogens with zero attached hydrogens (tertiary/aromatic N) is 2. The van der Waals surface area contributed by atoms with Crippen LogP contribution in [0.3, 0.4) is 0 Å². The van der Waals surface area contributed by atoms with Crippen molar-refractivity contribution in [2.75, 3.05) is 51.4 Å². The molecule has 0 amide bonds. The Morgan fingerprint density at radius 3 is 2.59 bits per heavy atom. The van der Waals surface area contributed by atoms with Crippen LogP contribution in [0.1, 0.15) is 22.6 Å². The molecule has 168 valence electrons. The molecule has 0 bridgehead atoms. The van der Waals surface area contributed by atoms with Gasteiger partial charge in [0, 0.05) is 47.8 Å². The van der Waals surface area contributed by atoms with Gasteiger partial charge < -0.3 is 20.4 Å². The maximum absolute atomic E-state index is 12.2. The van der Waals surface area contributed by atoms with E-state index in [-0.39, 0.29) is 5.92 Å². The van der Waals surface area contributed by atoms with Crippen molar-refractivity contribution < 1.29 is 0 Å². The Morgan fingerprint density at radius 1 is 1.09 bits per heavy atom. The maximum atomic E-state index is 12.2. The van der Waals surface area contributed by atoms with E-state index in [2.05, 4.69) is 28.6 Å². The quantitative estimate of drug-likeness (QED) is 0.508. The first-order valence-corrected chi connectivity index (χ1v) is 11.3. The van der Waals surface area contributed by atoms with Gasteiger partial charge in [0.15, 0.2) is 0 Å². The lowest BCUT2D eigenvalue weighted by Crippen LogP contribution is -2.37. The highest BCUT2D eigenvalue weighted by molar-refractivity contribution is 6.35. The first-order chi connectivity index (χ1) is 15.2. The summed E-state index contributed by atoms with van der Waals surface area (Å²) in [5.41, 5.74) is 3.75. The second-order valence-corrected chi connectivity index (χ2v) is 9.44. The number of benzene rings is 2. The number of nitrogens with one attached hydrogen (secondary N) is 2. The minimum atomic E-state index is -0.496. The molecule has 0 saturated heterocycles. The van der Waals surface area contributed by atoms with E-state index in [1.807, 2.05) is 43.3 Å². The highest BCUT2D eigenvalue weighted by Crippen LogP contribution is 2.39. The molecule has 0 spiro atoms. The summed E-state index contributed by atoms with van der Waals surface area (Å²) in [6, 6.07) is 11.7. The molecular weight excluding hydrogens is 447 g/mol. The van der Waals surface area contributed by atoms with Crippen LogP contribution in [0, 0.1) is 0 Å². The minimum Gasteiger partial charge on any atom is -0.379 e. The van der Waals surface area contributed by atoms with E-state index in [0.29, 0.717) is 28.0 Å². The van der Waals surface area contributed by atoms with Crippen molar-refractivity contribution in [1.82, 2.24) is 9.80 Å². The molecule has 0 radical (unpaired) electrons. The summed E-state index contributed by atoms with van der Waals surface area (Å²) in [5.74, 6) is 0.0899. The number of hydrogen-bond acceptors (Lipinski definition) is 6. The number of rotatable bonds is 7. The highest BCUT2D eigenvalue weighted by atomic mass is 35.5. The lowest BCUT2D eigenvalue weighted by atomic mass is 9.84. The van der Waals surface area contributed by atoms with Gasteiger partial charge in [0.1, 0.15) is 11.4 Å². The summed E-state index contributed by atoms with van der Waals surface area (Å²) in [6.07, 6.45) is 0. The Hall–Kier alpha value is -2.38. The Balaban J connectivity index is 1.61. The average Bonchev–Trinajstić information content (AvgIpc) is 2.75. The third-order valence-corrected chi connectivity index (χ3v) is 6.38. The summed E-state index contributed by atoms with van der Waals surface area (Å²) in [4.78, 5) is 28.5. The van der Waals surface area contributed by atoms with Crippen molar-refractivity contribution >= 4 is 40.3 Å². The van der Waals surface area contributed by atoms with Crippen molar-refractivity contribution in [1.29, 1.82) is 0 Å². The number of halogens is 2. The minimum absolute atomic E-state index is 0.0899. The third-order valence-electron chi connectivity index (χ3n) is 5.82. The van der Waals surface area contributed by atoms with Crippen molar-refractivity contribution in [3.63, 3.8) is 0 Å².